The average molecular weight is 358 g/mol. The molecule has 0 saturated heterocycles. The van der Waals surface area contributed by atoms with Gasteiger partial charge in [0.1, 0.15) is 5.75 Å². The van der Waals surface area contributed by atoms with Crippen molar-refractivity contribution in [3.05, 3.63) is 47.3 Å². The van der Waals surface area contributed by atoms with Gasteiger partial charge in [0.05, 0.1) is 19.3 Å². The lowest BCUT2D eigenvalue weighted by Gasteiger charge is -2.15. The molecule has 26 heavy (non-hydrogen) atoms. The summed E-state index contributed by atoms with van der Waals surface area (Å²) in [6.45, 7) is 6.75. The van der Waals surface area contributed by atoms with Crippen LogP contribution in [0.15, 0.2) is 30.3 Å². The van der Waals surface area contributed by atoms with Gasteiger partial charge in [0, 0.05) is 30.3 Å². The lowest BCUT2D eigenvalue weighted by atomic mass is 10.2. The number of amides is 2. The number of ether oxygens (including phenoxy) is 1. The van der Waals surface area contributed by atoms with E-state index in [9.17, 15) is 9.59 Å². The molecular weight excluding hydrogens is 332 g/mol. The van der Waals surface area contributed by atoms with Crippen LogP contribution >= 0.6 is 0 Å². The van der Waals surface area contributed by atoms with E-state index in [-0.39, 0.29) is 30.8 Å². The molecule has 0 radical (unpaired) electrons. The van der Waals surface area contributed by atoms with Gasteiger partial charge in [-0.3, -0.25) is 14.3 Å². The van der Waals surface area contributed by atoms with Gasteiger partial charge in [-0.05, 0) is 45.0 Å². The van der Waals surface area contributed by atoms with Crippen LogP contribution in [0.5, 0.6) is 5.75 Å². The highest BCUT2D eigenvalue weighted by Crippen LogP contribution is 2.12. The SMILES string of the molecule is COc1cccc(C(=O)NCCC(=O)N[C@H](C)Cn2nc(C)cc2C)c1. The molecule has 0 saturated carbocycles. The molecule has 2 aromatic rings. The Hall–Kier alpha value is -2.83. The summed E-state index contributed by atoms with van der Waals surface area (Å²) in [7, 11) is 1.55. The fourth-order valence-electron chi connectivity index (χ4n) is 2.67. The molecule has 2 N–H and O–H groups in total. The number of methoxy groups -OCH3 is 1. The first-order chi connectivity index (χ1) is 12.4. The predicted octanol–water partition coefficient (Wildman–Crippen LogP) is 1.83. The van der Waals surface area contributed by atoms with Crippen molar-refractivity contribution in [3.8, 4) is 5.75 Å². The summed E-state index contributed by atoms with van der Waals surface area (Å²) in [6.07, 6.45) is 0.219. The topological polar surface area (TPSA) is 85.2 Å². The average Bonchev–Trinajstić information content (AvgIpc) is 2.91. The van der Waals surface area contributed by atoms with Gasteiger partial charge in [-0.1, -0.05) is 6.07 Å². The number of rotatable bonds is 8. The summed E-state index contributed by atoms with van der Waals surface area (Å²) in [5, 5.41) is 10.1. The number of nitrogens with zero attached hydrogens (tertiary/aromatic N) is 2. The third-order valence-corrected chi connectivity index (χ3v) is 3.93. The fraction of sp³-hybridized carbons (Fsp3) is 0.421. The number of carbonyl (C=O) groups is 2. The Morgan fingerprint density at radius 2 is 2.04 bits per heavy atom. The molecule has 2 amide bonds. The minimum absolute atomic E-state index is 0.0467. The molecule has 0 aliphatic rings. The van der Waals surface area contributed by atoms with E-state index in [2.05, 4.69) is 15.7 Å². The maximum absolute atomic E-state index is 12.1. The van der Waals surface area contributed by atoms with Gasteiger partial charge < -0.3 is 15.4 Å². The van der Waals surface area contributed by atoms with E-state index in [0.717, 1.165) is 11.4 Å². The molecule has 7 heteroatoms. The van der Waals surface area contributed by atoms with Gasteiger partial charge in [-0.25, -0.2) is 0 Å². The molecule has 1 atom stereocenters. The van der Waals surface area contributed by atoms with Gasteiger partial charge in [-0.15, -0.1) is 0 Å². The number of aryl methyl sites for hydroxylation is 2. The monoisotopic (exact) mass is 358 g/mol. The van der Waals surface area contributed by atoms with Crippen LogP contribution in [0.4, 0.5) is 0 Å². The first-order valence-corrected chi connectivity index (χ1v) is 8.61. The lowest BCUT2D eigenvalue weighted by Crippen LogP contribution is -2.38. The highest BCUT2D eigenvalue weighted by molar-refractivity contribution is 5.94. The molecule has 0 unspecified atom stereocenters. The number of nitrogens with one attached hydrogen (secondary N) is 2. The van der Waals surface area contributed by atoms with E-state index in [1.165, 1.54) is 0 Å². The summed E-state index contributed by atoms with van der Waals surface area (Å²) in [5.74, 6) is 0.283. The van der Waals surface area contributed by atoms with E-state index >= 15 is 0 Å². The second-order valence-electron chi connectivity index (χ2n) is 6.32. The zero-order chi connectivity index (χ0) is 19.1. The zero-order valence-electron chi connectivity index (χ0n) is 15.7. The predicted molar refractivity (Wildman–Crippen MR) is 99.2 cm³/mol. The maximum Gasteiger partial charge on any atom is 0.251 e. The van der Waals surface area contributed by atoms with Gasteiger partial charge in [0.15, 0.2) is 0 Å². The van der Waals surface area contributed by atoms with E-state index in [1.54, 1.807) is 31.4 Å². The molecule has 0 bridgehead atoms. The van der Waals surface area contributed by atoms with Gasteiger partial charge in [0.25, 0.3) is 5.91 Å². The van der Waals surface area contributed by atoms with Crippen LogP contribution < -0.4 is 15.4 Å². The van der Waals surface area contributed by atoms with Crippen LogP contribution in [0.2, 0.25) is 0 Å². The molecule has 1 heterocycles. The first-order valence-electron chi connectivity index (χ1n) is 8.61. The third kappa shape index (κ3) is 5.61. The van der Waals surface area contributed by atoms with E-state index in [1.807, 2.05) is 31.5 Å². The van der Waals surface area contributed by atoms with Gasteiger partial charge >= 0.3 is 0 Å². The van der Waals surface area contributed by atoms with Crippen molar-refractivity contribution >= 4 is 11.8 Å². The fourth-order valence-corrected chi connectivity index (χ4v) is 2.67. The number of aromatic nitrogens is 2. The minimum atomic E-state index is -0.229. The molecule has 140 valence electrons. The second kappa shape index (κ2) is 9.03. The molecule has 0 aliphatic carbocycles. The molecule has 0 fully saturated rings. The van der Waals surface area contributed by atoms with Crippen LogP contribution in [0, 0.1) is 13.8 Å². The summed E-state index contributed by atoms with van der Waals surface area (Å²) in [6, 6.07) is 8.84. The number of carbonyl (C=O) groups excluding carboxylic acids is 2. The summed E-state index contributed by atoms with van der Waals surface area (Å²) >= 11 is 0. The number of hydrogen-bond acceptors (Lipinski definition) is 4. The van der Waals surface area contributed by atoms with Crippen molar-refractivity contribution in [1.82, 2.24) is 20.4 Å². The molecule has 1 aromatic carbocycles. The molecular formula is C19H26N4O3. The number of hydrogen-bond donors (Lipinski definition) is 2. The normalized spacial score (nSPS) is 11.7. The quantitative estimate of drug-likeness (QED) is 0.754. The Balaban J connectivity index is 1.74. The Kier molecular flexibility index (Phi) is 6.77. The zero-order valence-corrected chi connectivity index (χ0v) is 15.7. The van der Waals surface area contributed by atoms with Crippen LogP contribution in [0.3, 0.4) is 0 Å². The second-order valence-corrected chi connectivity index (χ2v) is 6.32. The number of benzene rings is 1. The van der Waals surface area contributed by atoms with E-state index in [4.69, 9.17) is 4.74 Å². The van der Waals surface area contributed by atoms with Crippen molar-refractivity contribution in [2.24, 2.45) is 0 Å². The summed E-state index contributed by atoms with van der Waals surface area (Å²) in [4.78, 5) is 24.1. The Labute approximate surface area is 153 Å². The van der Waals surface area contributed by atoms with Crippen molar-refractivity contribution in [1.29, 1.82) is 0 Å². The lowest BCUT2D eigenvalue weighted by molar-refractivity contribution is -0.121. The van der Waals surface area contributed by atoms with E-state index < -0.39 is 0 Å². The van der Waals surface area contributed by atoms with E-state index in [0.29, 0.717) is 17.9 Å². The molecule has 0 aliphatic heterocycles. The Morgan fingerprint density at radius 3 is 2.69 bits per heavy atom. The van der Waals surface area contributed by atoms with Crippen molar-refractivity contribution in [3.63, 3.8) is 0 Å². The standard InChI is InChI=1S/C19H26N4O3/c1-13-10-15(3)23(22-13)12-14(2)21-18(24)8-9-20-19(25)16-6-5-7-17(11-16)26-4/h5-7,10-11,14H,8-9,12H2,1-4H3,(H,20,25)(H,21,24)/t14-/m1/s1. The van der Waals surface area contributed by atoms with Gasteiger partial charge in [0.2, 0.25) is 5.91 Å². The first kappa shape index (κ1) is 19.5. The molecule has 2 rings (SSSR count). The van der Waals surface area contributed by atoms with Crippen LogP contribution in [0.25, 0.3) is 0 Å². The maximum atomic E-state index is 12.1. The highest BCUT2D eigenvalue weighted by Gasteiger charge is 2.11. The molecule has 1 aromatic heterocycles. The van der Waals surface area contributed by atoms with Crippen LogP contribution in [-0.2, 0) is 11.3 Å². The van der Waals surface area contributed by atoms with Crippen molar-refractivity contribution in [2.45, 2.75) is 39.8 Å². The molecule has 7 nitrogen and oxygen atoms in total. The minimum Gasteiger partial charge on any atom is -0.497 e. The molecule has 0 spiro atoms. The van der Waals surface area contributed by atoms with Crippen LogP contribution in [0.1, 0.15) is 35.1 Å². The highest BCUT2D eigenvalue weighted by atomic mass is 16.5. The Bertz CT molecular complexity index is 770. The van der Waals surface area contributed by atoms with Crippen LogP contribution in [-0.4, -0.2) is 41.3 Å². The largest absolute Gasteiger partial charge is 0.497 e. The van der Waals surface area contributed by atoms with Crippen molar-refractivity contribution in [2.75, 3.05) is 13.7 Å². The van der Waals surface area contributed by atoms with Crippen molar-refractivity contribution < 1.29 is 14.3 Å². The summed E-state index contributed by atoms with van der Waals surface area (Å²) in [5.41, 5.74) is 2.53. The van der Waals surface area contributed by atoms with Gasteiger partial charge in [-0.2, -0.15) is 5.10 Å². The third-order valence-electron chi connectivity index (χ3n) is 3.93. The summed E-state index contributed by atoms with van der Waals surface area (Å²) < 4.78 is 6.98. The Morgan fingerprint density at radius 1 is 1.27 bits per heavy atom. The smallest absolute Gasteiger partial charge is 0.251 e.